The summed E-state index contributed by atoms with van der Waals surface area (Å²) < 4.78 is 94.3. The summed E-state index contributed by atoms with van der Waals surface area (Å²) >= 11 is 0. The molecule has 0 bridgehead atoms. The molecule has 1 atom stereocenters. The number of anilines is 2. The molecule has 0 radical (unpaired) electrons. The average molecular weight is 651 g/mol. The summed E-state index contributed by atoms with van der Waals surface area (Å²) in [6.45, 7) is 1.50. The number of carbonyl (C=O) groups excluding carboxylic acids is 1. The number of nitrogens with zero attached hydrogens (tertiary/aromatic N) is 3. The van der Waals surface area contributed by atoms with E-state index in [0.717, 1.165) is 24.8 Å². The van der Waals surface area contributed by atoms with Crippen LogP contribution >= 0.6 is 0 Å². The second kappa shape index (κ2) is 17.9. The highest BCUT2D eigenvalue weighted by molar-refractivity contribution is 5.76. The van der Waals surface area contributed by atoms with Crippen molar-refractivity contribution < 1.29 is 50.1 Å². The van der Waals surface area contributed by atoms with E-state index in [-0.39, 0.29) is 24.9 Å². The van der Waals surface area contributed by atoms with Crippen molar-refractivity contribution in [3.63, 3.8) is 0 Å². The van der Waals surface area contributed by atoms with Gasteiger partial charge in [-0.25, -0.2) is 4.79 Å². The quantitative estimate of drug-likeness (QED) is 0.106. The maximum Gasteiger partial charge on any atom is 0.573 e. The first kappa shape index (κ1) is 36.0. The van der Waals surface area contributed by atoms with Crippen LogP contribution in [-0.2, 0) is 20.7 Å². The van der Waals surface area contributed by atoms with E-state index in [1.165, 1.54) is 56.4 Å². The van der Waals surface area contributed by atoms with Crippen LogP contribution in [0.3, 0.4) is 0 Å². The van der Waals surface area contributed by atoms with E-state index >= 15 is 0 Å². The lowest BCUT2D eigenvalue weighted by molar-refractivity contribution is -0.274. The van der Waals surface area contributed by atoms with Crippen molar-refractivity contribution in [2.24, 2.45) is 0 Å². The fourth-order valence-electron chi connectivity index (χ4n) is 4.57. The SMILES string of the molecule is CCCCCCCCCCOc1nc(NCCc2ccc(OC(F)(F)F)cc2)cc(N2CCOC(C(=O)OCC(F)(F)F)C2)n1. The van der Waals surface area contributed by atoms with Crippen molar-refractivity contribution in [3.8, 4) is 11.8 Å². The van der Waals surface area contributed by atoms with Gasteiger partial charge in [0.2, 0.25) is 0 Å². The second-order valence-electron chi connectivity index (χ2n) is 10.6. The van der Waals surface area contributed by atoms with Gasteiger partial charge < -0.3 is 29.2 Å². The van der Waals surface area contributed by atoms with Crippen LogP contribution in [0.4, 0.5) is 38.0 Å². The van der Waals surface area contributed by atoms with Gasteiger partial charge in [0.25, 0.3) is 0 Å². The maximum absolute atomic E-state index is 12.5. The van der Waals surface area contributed by atoms with Crippen LogP contribution < -0.4 is 19.7 Å². The number of morpholine rings is 1. The minimum absolute atomic E-state index is 0.0566. The number of unbranched alkanes of at least 4 members (excludes halogenated alkanes) is 7. The predicted molar refractivity (Wildman–Crippen MR) is 154 cm³/mol. The molecule has 3 rings (SSSR count). The van der Waals surface area contributed by atoms with Crippen LogP contribution in [0.25, 0.3) is 0 Å². The van der Waals surface area contributed by atoms with Gasteiger partial charge in [-0.2, -0.15) is 23.1 Å². The van der Waals surface area contributed by atoms with Gasteiger partial charge in [-0.15, -0.1) is 13.2 Å². The number of ether oxygens (including phenoxy) is 4. The van der Waals surface area contributed by atoms with Gasteiger partial charge in [0.1, 0.15) is 17.4 Å². The Morgan fingerprint density at radius 2 is 1.69 bits per heavy atom. The lowest BCUT2D eigenvalue weighted by atomic mass is 10.1. The van der Waals surface area contributed by atoms with Crippen LogP contribution in [0.1, 0.15) is 63.9 Å². The molecule has 0 saturated carbocycles. The lowest BCUT2D eigenvalue weighted by Gasteiger charge is -2.32. The fourth-order valence-corrected chi connectivity index (χ4v) is 4.57. The Bertz CT molecular complexity index is 1170. The number of esters is 1. The molecule has 1 aromatic carbocycles. The van der Waals surface area contributed by atoms with E-state index < -0.39 is 31.2 Å². The van der Waals surface area contributed by atoms with Crippen molar-refractivity contribution in [2.75, 3.05) is 49.7 Å². The third kappa shape index (κ3) is 14.4. The number of rotatable bonds is 18. The van der Waals surface area contributed by atoms with Crippen molar-refractivity contribution in [3.05, 3.63) is 35.9 Å². The van der Waals surface area contributed by atoms with Crippen LogP contribution in [-0.4, -0.2) is 74.0 Å². The average Bonchev–Trinajstić information content (AvgIpc) is 2.99. The Balaban J connectivity index is 1.61. The van der Waals surface area contributed by atoms with Crippen molar-refractivity contribution in [1.82, 2.24) is 9.97 Å². The lowest BCUT2D eigenvalue weighted by Crippen LogP contribution is -2.47. The number of halogens is 6. The molecule has 2 aromatic rings. The number of aromatic nitrogens is 2. The first-order valence-corrected chi connectivity index (χ1v) is 15.1. The summed E-state index contributed by atoms with van der Waals surface area (Å²) in [5.74, 6) is -0.666. The normalized spacial score (nSPS) is 15.5. The van der Waals surface area contributed by atoms with Gasteiger partial charge >= 0.3 is 24.5 Å². The molecule has 252 valence electrons. The van der Waals surface area contributed by atoms with Crippen molar-refractivity contribution >= 4 is 17.6 Å². The molecule has 1 aromatic heterocycles. The highest BCUT2D eigenvalue weighted by Crippen LogP contribution is 2.25. The van der Waals surface area contributed by atoms with E-state index in [4.69, 9.17) is 9.47 Å². The Morgan fingerprint density at radius 3 is 2.36 bits per heavy atom. The molecule has 45 heavy (non-hydrogen) atoms. The smallest absolute Gasteiger partial charge is 0.463 e. The second-order valence-corrected chi connectivity index (χ2v) is 10.6. The van der Waals surface area contributed by atoms with Gasteiger partial charge in [-0.3, -0.25) is 0 Å². The van der Waals surface area contributed by atoms with Crippen LogP contribution in [0, 0.1) is 0 Å². The molecular weight excluding hydrogens is 610 g/mol. The van der Waals surface area contributed by atoms with E-state index in [1.54, 1.807) is 11.0 Å². The standard InChI is InChI=1S/C30H40F6N4O5/c1-2-3-4-5-6-7-8-9-17-43-28-38-25(37-15-14-22-10-12-23(13-11-22)45-30(34,35)36)19-26(39-28)40-16-18-42-24(20-40)27(41)44-21-29(31,32)33/h10-13,19,24H,2-9,14-18,20-21H2,1H3,(H,37,38,39). The minimum atomic E-state index is -4.77. The van der Waals surface area contributed by atoms with Gasteiger partial charge in [0, 0.05) is 19.2 Å². The maximum atomic E-state index is 12.5. The summed E-state index contributed by atoms with van der Waals surface area (Å²) in [5.41, 5.74) is 0.755. The van der Waals surface area contributed by atoms with E-state index in [9.17, 15) is 31.1 Å². The number of hydrogen-bond acceptors (Lipinski definition) is 9. The topological polar surface area (TPSA) is 95.0 Å². The Labute approximate surface area is 258 Å². The van der Waals surface area contributed by atoms with E-state index in [0.29, 0.717) is 37.8 Å². The summed E-state index contributed by atoms with van der Waals surface area (Å²) in [6.07, 6.45) is -1.25. The monoisotopic (exact) mass is 650 g/mol. The van der Waals surface area contributed by atoms with Gasteiger partial charge in [0.05, 0.1) is 19.8 Å². The third-order valence-corrected chi connectivity index (χ3v) is 6.83. The zero-order valence-electron chi connectivity index (χ0n) is 25.2. The van der Waals surface area contributed by atoms with Crippen LogP contribution in [0.2, 0.25) is 0 Å². The zero-order valence-corrected chi connectivity index (χ0v) is 25.2. The molecule has 1 fully saturated rings. The molecular formula is C30H40F6N4O5. The predicted octanol–water partition coefficient (Wildman–Crippen LogP) is 6.86. The summed E-state index contributed by atoms with van der Waals surface area (Å²) in [5, 5.41) is 3.15. The molecule has 15 heteroatoms. The summed E-state index contributed by atoms with van der Waals surface area (Å²) in [6, 6.07) is 7.23. The number of benzene rings is 1. The van der Waals surface area contributed by atoms with Gasteiger partial charge in [0.15, 0.2) is 12.7 Å². The third-order valence-electron chi connectivity index (χ3n) is 6.83. The molecule has 1 saturated heterocycles. The first-order chi connectivity index (χ1) is 21.4. The Kier molecular flexibility index (Phi) is 14.3. The number of hydrogen-bond donors (Lipinski definition) is 1. The highest BCUT2D eigenvalue weighted by Gasteiger charge is 2.34. The number of nitrogens with one attached hydrogen (secondary N) is 1. The number of carbonyl (C=O) groups is 1. The molecule has 1 N–H and O–H groups in total. The van der Waals surface area contributed by atoms with Gasteiger partial charge in [-0.05, 0) is 30.5 Å². The molecule has 1 aliphatic heterocycles. The van der Waals surface area contributed by atoms with Gasteiger partial charge in [-0.1, -0.05) is 64.0 Å². The Hall–Kier alpha value is -3.49. The number of alkyl halides is 6. The van der Waals surface area contributed by atoms with E-state index in [2.05, 4.69) is 31.7 Å². The van der Waals surface area contributed by atoms with Crippen LogP contribution in [0.5, 0.6) is 11.8 Å². The largest absolute Gasteiger partial charge is 0.573 e. The fraction of sp³-hybridized carbons (Fsp3) is 0.633. The molecule has 9 nitrogen and oxygen atoms in total. The first-order valence-electron chi connectivity index (χ1n) is 15.1. The summed E-state index contributed by atoms with van der Waals surface area (Å²) in [7, 11) is 0. The molecule has 0 spiro atoms. The van der Waals surface area contributed by atoms with Crippen molar-refractivity contribution in [1.29, 1.82) is 0 Å². The van der Waals surface area contributed by atoms with Crippen LogP contribution in [0.15, 0.2) is 30.3 Å². The highest BCUT2D eigenvalue weighted by atomic mass is 19.4. The zero-order chi connectivity index (χ0) is 32.7. The molecule has 0 aliphatic carbocycles. The Morgan fingerprint density at radius 1 is 1.00 bits per heavy atom. The van der Waals surface area contributed by atoms with E-state index in [1.807, 2.05) is 0 Å². The van der Waals surface area contributed by atoms with Crippen molar-refractivity contribution in [2.45, 2.75) is 83.4 Å². The molecule has 2 heterocycles. The molecule has 1 aliphatic rings. The summed E-state index contributed by atoms with van der Waals surface area (Å²) in [4.78, 5) is 22.8. The molecule has 0 amide bonds. The minimum Gasteiger partial charge on any atom is -0.463 e. The molecule has 1 unspecified atom stereocenters.